The molecule has 6 nitrogen and oxygen atoms in total. The molecule has 1 unspecified atom stereocenters. The number of hydrogen-bond acceptors (Lipinski definition) is 5. The number of benzene rings is 3. The van der Waals surface area contributed by atoms with Gasteiger partial charge in [-0.3, -0.25) is 14.5 Å². The molecule has 5 rings (SSSR count). The van der Waals surface area contributed by atoms with E-state index in [9.17, 15) is 9.59 Å². The molecule has 0 N–H and O–H groups in total. The van der Waals surface area contributed by atoms with Crippen molar-refractivity contribution in [2.75, 3.05) is 18.1 Å². The van der Waals surface area contributed by atoms with E-state index in [1.54, 1.807) is 4.90 Å². The fraction of sp³-hybridized carbons (Fsp3) is 0.353. The van der Waals surface area contributed by atoms with E-state index in [-0.39, 0.29) is 17.1 Å². The third-order valence-electron chi connectivity index (χ3n) is 7.70. The Morgan fingerprint density at radius 2 is 1.60 bits per heavy atom. The Morgan fingerprint density at radius 3 is 2.30 bits per heavy atom. The van der Waals surface area contributed by atoms with E-state index in [1.165, 1.54) is 5.56 Å². The minimum Gasteiger partial charge on any atom is -0.490 e. The fourth-order valence-corrected chi connectivity index (χ4v) is 5.32. The Kier molecular flexibility index (Phi) is 7.97. The Labute approximate surface area is 235 Å². The van der Waals surface area contributed by atoms with Gasteiger partial charge in [-0.15, -0.1) is 0 Å². The first-order valence-corrected chi connectivity index (χ1v) is 14.3. The molecule has 0 radical (unpaired) electrons. The highest BCUT2D eigenvalue weighted by Crippen LogP contribution is 2.43. The van der Waals surface area contributed by atoms with Gasteiger partial charge in [0.05, 0.1) is 30.2 Å². The number of nitrogens with zero attached hydrogens (tertiary/aromatic N) is 1. The Bertz CT molecular complexity index is 1600. The molecule has 4 aromatic rings. The number of rotatable bonds is 10. The molecule has 1 aliphatic heterocycles. The summed E-state index contributed by atoms with van der Waals surface area (Å²) in [6.45, 7) is 11.2. The van der Waals surface area contributed by atoms with Crippen molar-refractivity contribution in [3.8, 4) is 11.5 Å². The lowest BCUT2D eigenvalue weighted by molar-refractivity contribution is 0.0971. The van der Waals surface area contributed by atoms with Crippen molar-refractivity contribution < 1.29 is 18.7 Å². The average Bonchev–Trinajstić information content (AvgIpc) is 3.25. The van der Waals surface area contributed by atoms with E-state index < -0.39 is 6.04 Å². The molecule has 0 fully saturated rings. The van der Waals surface area contributed by atoms with Crippen LogP contribution >= 0.6 is 0 Å². The summed E-state index contributed by atoms with van der Waals surface area (Å²) >= 11 is 0. The third kappa shape index (κ3) is 4.99. The summed E-state index contributed by atoms with van der Waals surface area (Å²) in [5.41, 5.74) is 5.20. The molecule has 1 atom stereocenters. The molecule has 40 heavy (non-hydrogen) atoms. The first-order valence-electron chi connectivity index (χ1n) is 14.3. The van der Waals surface area contributed by atoms with E-state index in [1.807, 2.05) is 75.4 Å². The number of unbranched alkanes of at least 4 members (excludes halogenated alkanes) is 2. The summed E-state index contributed by atoms with van der Waals surface area (Å²) in [6, 6.07) is 16.6. The number of carbonyl (C=O) groups excluding carboxylic acids is 1. The SMILES string of the molecule is CCCCCOc1ccc(C2c3c(oc4cc(C)c(C)cc4c3=O)C(=O)N2c2ccc(CC)cc2)cc1OCC. The van der Waals surface area contributed by atoms with Crippen molar-refractivity contribution in [3.05, 3.63) is 98.4 Å². The van der Waals surface area contributed by atoms with Gasteiger partial charge < -0.3 is 13.9 Å². The zero-order chi connectivity index (χ0) is 28.4. The second kappa shape index (κ2) is 11.6. The van der Waals surface area contributed by atoms with Crippen LogP contribution in [0, 0.1) is 13.8 Å². The van der Waals surface area contributed by atoms with Gasteiger partial charge in [-0.05, 0) is 92.3 Å². The summed E-state index contributed by atoms with van der Waals surface area (Å²) in [4.78, 5) is 29.7. The van der Waals surface area contributed by atoms with Crippen LogP contribution in [0.15, 0.2) is 63.8 Å². The van der Waals surface area contributed by atoms with Crippen LogP contribution in [0.2, 0.25) is 0 Å². The van der Waals surface area contributed by atoms with Crippen molar-refractivity contribution in [1.82, 2.24) is 0 Å². The molecular weight excluding hydrogens is 502 g/mol. The van der Waals surface area contributed by atoms with Crippen LogP contribution in [0.4, 0.5) is 5.69 Å². The molecule has 2 heterocycles. The molecular formula is C34H37NO5. The number of amides is 1. The predicted molar refractivity (Wildman–Crippen MR) is 159 cm³/mol. The highest BCUT2D eigenvalue weighted by Gasteiger charge is 2.44. The molecule has 1 aliphatic rings. The van der Waals surface area contributed by atoms with Crippen molar-refractivity contribution in [1.29, 1.82) is 0 Å². The topological polar surface area (TPSA) is 69.0 Å². The third-order valence-corrected chi connectivity index (χ3v) is 7.70. The van der Waals surface area contributed by atoms with Crippen LogP contribution in [-0.4, -0.2) is 19.1 Å². The van der Waals surface area contributed by atoms with Crippen LogP contribution < -0.4 is 19.8 Å². The molecule has 1 aromatic heterocycles. The quantitative estimate of drug-likeness (QED) is 0.193. The molecule has 0 saturated heterocycles. The van der Waals surface area contributed by atoms with E-state index in [2.05, 4.69) is 13.8 Å². The second-order valence-corrected chi connectivity index (χ2v) is 10.4. The van der Waals surface area contributed by atoms with Crippen molar-refractivity contribution in [2.24, 2.45) is 0 Å². The second-order valence-electron chi connectivity index (χ2n) is 10.4. The van der Waals surface area contributed by atoms with Gasteiger partial charge in [0.1, 0.15) is 5.58 Å². The minimum atomic E-state index is -0.675. The van der Waals surface area contributed by atoms with E-state index in [0.717, 1.165) is 42.4 Å². The zero-order valence-electron chi connectivity index (χ0n) is 24.0. The molecule has 0 spiro atoms. The zero-order valence-corrected chi connectivity index (χ0v) is 24.0. The van der Waals surface area contributed by atoms with Gasteiger partial charge in [0.25, 0.3) is 5.91 Å². The number of hydrogen-bond donors (Lipinski definition) is 0. The summed E-state index contributed by atoms with van der Waals surface area (Å²) in [5, 5.41) is 0.476. The van der Waals surface area contributed by atoms with Crippen molar-refractivity contribution in [2.45, 2.75) is 66.3 Å². The van der Waals surface area contributed by atoms with E-state index in [0.29, 0.717) is 46.9 Å². The normalized spacial score (nSPS) is 14.6. The summed E-state index contributed by atoms with van der Waals surface area (Å²) in [5.74, 6) is 1.000. The summed E-state index contributed by atoms with van der Waals surface area (Å²) in [7, 11) is 0. The van der Waals surface area contributed by atoms with Gasteiger partial charge in [-0.1, -0.05) is 44.9 Å². The highest BCUT2D eigenvalue weighted by atomic mass is 16.5. The van der Waals surface area contributed by atoms with Crippen LogP contribution in [0.25, 0.3) is 11.0 Å². The molecule has 6 heteroatoms. The fourth-order valence-electron chi connectivity index (χ4n) is 5.32. The van der Waals surface area contributed by atoms with Gasteiger partial charge in [0.15, 0.2) is 16.9 Å². The summed E-state index contributed by atoms with van der Waals surface area (Å²) in [6.07, 6.45) is 4.06. The van der Waals surface area contributed by atoms with E-state index in [4.69, 9.17) is 13.9 Å². The van der Waals surface area contributed by atoms with Gasteiger partial charge in [-0.2, -0.15) is 0 Å². The average molecular weight is 540 g/mol. The molecule has 208 valence electrons. The van der Waals surface area contributed by atoms with Crippen molar-refractivity contribution in [3.63, 3.8) is 0 Å². The Hall–Kier alpha value is -4.06. The smallest absolute Gasteiger partial charge is 0.295 e. The first kappa shape index (κ1) is 27.5. The molecule has 0 bridgehead atoms. The van der Waals surface area contributed by atoms with Gasteiger partial charge >= 0.3 is 0 Å². The lowest BCUT2D eigenvalue weighted by Gasteiger charge is -2.26. The van der Waals surface area contributed by atoms with Gasteiger partial charge in [0.2, 0.25) is 5.76 Å². The predicted octanol–water partition coefficient (Wildman–Crippen LogP) is 7.69. The number of anilines is 1. The monoisotopic (exact) mass is 539 g/mol. The van der Waals surface area contributed by atoms with Gasteiger partial charge in [-0.25, -0.2) is 0 Å². The minimum absolute atomic E-state index is 0.0863. The lowest BCUT2D eigenvalue weighted by atomic mass is 9.96. The molecule has 1 amide bonds. The maximum Gasteiger partial charge on any atom is 0.295 e. The first-order chi connectivity index (χ1) is 19.4. The van der Waals surface area contributed by atoms with Crippen LogP contribution in [0.5, 0.6) is 11.5 Å². The van der Waals surface area contributed by atoms with E-state index >= 15 is 0 Å². The Morgan fingerprint density at radius 1 is 0.850 bits per heavy atom. The number of carbonyl (C=O) groups is 1. The largest absolute Gasteiger partial charge is 0.490 e. The van der Waals surface area contributed by atoms with Crippen LogP contribution in [0.3, 0.4) is 0 Å². The summed E-state index contributed by atoms with van der Waals surface area (Å²) < 4.78 is 18.2. The standard InChI is InChI=1S/C34H37NO5/c1-6-9-10-17-39-27-16-13-24(20-29(27)38-8-3)31-30-32(36)26-18-21(4)22(5)19-28(26)40-33(30)34(37)35(31)25-14-11-23(7-2)12-15-25/h11-16,18-20,31H,6-10,17H2,1-5H3. The van der Waals surface area contributed by atoms with Crippen molar-refractivity contribution >= 4 is 22.6 Å². The highest BCUT2D eigenvalue weighted by molar-refractivity contribution is 6.10. The number of fused-ring (bicyclic) bond motifs is 2. The molecule has 0 saturated carbocycles. The maximum absolute atomic E-state index is 14.1. The van der Waals surface area contributed by atoms with Gasteiger partial charge in [0, 0.05) is 5.69 Å². The molecule has 3 aromatic carbocycles. The number of aryl methyl sites for hydroxylation is 3. The maximum atomic E-state index is 14.1. The van der Waals surface area contributed by atoms with Crippen LogP contribution in [-0.2, 0) is 6.42 Å². The Balaban J connectivity index is 1.68. The molecule has 0 aliphatic carbocycles. The lowest BCUT2D eigenvalue weighted by Crippen LogP contribution is -2.29. The number of ether oxygens (including phenoxy) is 2. The van der Waals surface area contributed by atoms with Crippen LogP contribution in [0.1, 0.15) is 84.4 Å².